The number of rotatable bonds is 7. The summed E-state index contributed by atoms with van der Waals surface area (Å²) >= 11 is 0. The zero-order valence-electron chi connectivity index (χ0n) is 20.3. The number of esters is 1. The maximum Gasteiger partial charge on any atom is 0.312 e. The fourth-order valence-electron chi connectivity index (χ4n) is 5.54. The molecule has 0 aromatic heterocycles. The van der Waals surface area contributed by atoms with E-state index in [0.717, 1.165) is 6.54 Å². The molecule has 0 unspecified atom stereocenters. The molecular formula is C28H34F2N2O3. The fraction of sp³-hybridized carbons (Fsp3) is 0.500. The van der Waals surface area contributed by atoms with Gasteiger partial charge < -0.3 is 9.64 Å². The van der Waals surface area contributed by atoms with Crippen LogP contribution in [0.3, 0.4) is 0 Å². The number of carbonyl (C=O) groups excluding carboxylic acids is 2. The number of carbonyl (C=O) groups is 2. The van der Waals surface area contributed by atoms with Crippen LogP contribution in [0.1, 0.15) is 50.5 Å². The Morgan fingerprint density at radius 3 is 2.23 bits per heavy atom. The molecule has 0 bridgehead atoms. The molecule has 2 aromatic carbocycles. The quantitative estimate of drug-likeness (QED) is 0.491. The Kier molecular flexibility index (Phi) is 7.85. The Bertz CT molecular complexity index is 992. The summed E-state index contributed by atoms with van der Waals surface area (Å²) in [6.45, 7) is 2.09. The van der Waals surface area contributed by atoms with Crippen molar-refractivity contribution >= 4 is 17.6 Å². The maximum absolute atomic E-state index is 14.3. The Morgan fingerprint density at radius 2 is 1.63 bits per heavy atom. The average molecular weight is 485 g/mol. The molecule has 1 saturated heterocycles. The van der Waals surface area contributed by atoms with Crippen LogP contribution in [0.2, 0.25) is 0 Å². The molecule has 1 heterocycles. The number of para-hydroxylation sites is 1. The molecule has 1 saturated carbocycles. The summed E-state index contributed by atoms with van der Waals surface area (Å²) in [6.07, 6.45) is 1.31. The van der Waals surface area contributed by atoms with Gasteiger partial charge in [0.05, 0.1) is 12.5 Å². The fourth-order valence-corrected chi connectivity index (χ4v) is 5.54. The van der Waals surface area contributed by atoms with Crippen molar-refractivity contribution in [3.8, 4) is 0 Å². The van der Waals surface area contributed by atoms with Crippen molar-refractivity contribution < 1.29 is 23.1 Å². The van der Waals surface area contributed by atoms with E-state index in [1.54, 1.807) is 24.3 Å². The van der Waals surface area contributed by atoms with Gasteiger partial charge in [0.1, 0.15) is 0 Å². The molecule has 0 radical (unpaired) electrons. The SMILES string of the molecule is COC(=O)C1(CC(=O)N(c2ccccc2)[C@@H]2CCCC(F)(F)C2)CCN(Cc2ccccc2)CC1. The predicted molar refractivity (Wildman–Crippen MR) is 131 cm³/mol. The second kappa shape index (κ2) is 10.9. The normalized spacial score (nSPS) is 21.7. The Balaban J connectivity index is 1.53. The summed E-state index contributed by atoms with van der Waals surface area (Å²) in [5.74, 6) is -3.48. The number of halogens is 2. The molecular weight excluding hydrogens is 450 g/mol. The van der Waals surface area contributed by atoms with Crippen molar-refractivity contribution in [3.05, 3.63) is 66.2 Å². The van der Waals surface area contributed by atoms with Crippen molar-refractivity contribution in [2.45, 2.75) is 63.5 Å². The molecule has 2 aliphatic rings. The first-order valence-electron chi connectivity index (χ1n) is 12.4. The highest BCUT2D eigenvalue weighted by Crippen LogP contribution is 2.41. The molecule has 4 rings (SSSR count). The van der Waals surface area contributed by atoms with E-state index in [2.05, 4.69) is 17.0 Å². The molecule has 7 heteroatoms. The second-order valence-corrected chi connectivity index (χ2v) is 9.92. The topological polar surface area (TPSA) is 49.9 Å². The molecule has 1 amide bonds. The van der Waals surface area contributed by atoms with Gasteiger partial charge in [-0.1, -0.05) is 48.5 Å². The minimum absolute atomic E-state index is 0.0458. The second-order valence-electron chi connectivity index (χ2n) is 9.92. The lowest BCUT2D eigenvalue weighted by molar-refractivity contribution is -0.158. The number of nitrogens with zero attached hydrogens (tertiary/aromatic N) is 2. The number of piperidine rings is 1. The van der Waals surface area contributed by atoms with Crippen molar-refractivity contribution in [3.63, 3.8) is 0 Å². The van der Waals surface area contributed by atoms with Gasteiger partial charge in [0.25, 0.3) is 0 Å². The summed E-state index contributed by atoms with van der Waals surface area (Å²) < 4.78 is 33.8. The van der Waals surface area contributed by atoms with Crippen molar-refractivity contribution in [1.82, 2.24) is 4.90 Å². The van der Waals surface area contributed by atoms with Crippen LogP contribution in [0.4, 0.5) is 14.5 Å². The molecule has 0 N–H and O–H groups in total. The number of benzene rings is 2. The zero-order valence-corrected chi connectivity index (χ0v) is 20.3. The summed E-state index contributed by atoms with van der Waals surface area (Å²) in [4.78, 5) is 30.6. The first-order chi connectivity index (χ1) is 16.8. The summed E-state index contributed by atoms with van der Waals surface area (Å²) in [6, 6.07) is 18.5. The number of alkyl halides is 2. The average Bonchev–Trinajstić information content (AvgIpc) is 2.86. The predicted octanol–water partition coefficient (Wildman–Crippen LogP) is 5.44. The highest BCUT2D eigenvalue weighted by atomic mass is 19.3. The van der Waals surface area contributed by atoms with Crippen LogP contribution in [0.25, 0.3) is 0 Å². The molecule has 0 spiro atoms. The Labute approximate surface area is 206 Å². The zero-order chi connectivity index (χ0) is 24.9. The van der Waals surface area contributed by atoms with Crippen LogP contribution < -0.4 is 4.90 Å². The van der Waals surface area contributed by atoms with E-state index in [1.165, 1.54) is 17.6 Å². The van der Waals surface area contributed by atoms with Gasteiger partial charge in [-0.25, -0.2) is 8.78 Å². The first kappa shape index (κ1) is 25.3. The molecule has 188 valence electrons. The number of anilines is 1. The van der Waals surface area contributed by atoms with E-state index in [1.807, 2.05) is 24.3 Å². The summed E-state index contributed by atoms with van der Waals surface area (Å²) in [7, 11) is 1.35. The standard InChI is InChI=1S/C28H34F2N2O3/c1-35-26(34)27(15-17-31(18-16-27)21-22-9-4-2-5-10-22)20-25(33)32(23-11-6-3-7-12-23)24-13-8-14-28(29,30)19-24/h2-7,9-12,24H,8,13-21H2,1H3/t24-/m1/s1. The van der Waals surface area contributed by atoms with Crippen molar-refractivity contribution in [2.24, 2.45) is 5.41 Å². The van der Waals surface area contributed by atoms with Crippen LogP contribution in [0, 0.1) is 5.41 Å². The number of likely N-dealkylation sites (tertiary alicyclic amines) is 1. The van der Waals surface area contributed by atoms with Crippen molar-refractivity contribution in [1.29, 1.82) is 0 Å². The van der Waals surface area contributed by atoms with E-state index in [9.17, 15) is 18.4 Å². The molecule has 2 aromatic rings. The molecule has 1 aliphatic carbocycles. The monoisotopic (exact) mass is 484 g/mol. The van der Waals surface area contributed by atoms with Crippen LogP contribution >= 0.6 is 0 Å². The molecule has 35 heavy (non-hydrogen) atoms. The highest BCUT2D eigenvalue weighted by Gasteiger charge is 2.47. The minimum Gasteiger partial charge on any atom is -0.469 e. The lowest BCUT2D eigenvalue weighted by atomic mass is 9.74. The third-order valence-electron chi connectivity index (χ3n) is 7.45. The van der Waals surface area contributed by atoms with Crippen molar-refractivity contribution in [2.75, 3.05) is 25.1 Å². The summed E-state index contributed by atoms with van der Waals surface area (Å²) in [5.41, 5.74) is 0.841. The van der Waals surface area contributed by atoms with E-state index in [0.29, 0.717) is 44.5 Å². The van der Waals surface area contributed by atoms with Crippen LogP contribution in [0.15, 0.2) is 60.7 Å². The number of amides is 1. The lowest BCUT2D eigenvalue weighted by Crippen LogP contribution is -2.51. The van der Waals surface area contributed by atoms with Gasteiger partial charge in [0.15, 0.2) is 0 Å². The largest absolute Gasteiger partial charge is 0.469 e. The smallest absolute Gasteiger partial charge is 0.312 e. The summed E-state index contributed by atoms with van der Waals surface area (Å²) in [5, 5.41) is 0. The Hall–Kier alpha value is -2.80. The van der Waals surface area contributed by atoms with Gasteiger partial charge in [-0.3, -0.25) is 14.5 Å². The van der Waals surface area contributed by atoms with Crippen LogP contribution in [0.5, 0.6) is 0 Å². The third kappa shape index (κ3) is 6.07. The van der Waals surface area contributed by atoms with E-state index < -0.39 is 23.3 Å². The number of hydrogen-bond donors (Lipinski definition) is 0. The van der Waals surface area contributed by atoms with Gasteiger partial charge in [0.2, 0.25) is 11.8 Å². The molecule has 2 fully saturated rings. The van der Waals surface area contributed by atoms with Crippen LogP contribution in [-0.2, 0) is 20.9 Å². The minimum atomic E-state index is -2.79. The number of hydrogen-bond acceptors (Lipinski definition) is 4. The van der Waals surface area contributed by atoms with E-state index >= 15 is 0 Å². The van der Waals surface area contributed by atoms with E-state index in [-0.39, 0.29) is 25.2 Å². The number of methoxy groups -OCH3 is 1. The van der Waals surface area contributed by atoms with Crippen LogP contribution in [-0.4, -0.2) is 48.9 Å². The lowest BCUT2D eigenvalue weighted by Gasteiger charge is -2.42. The molecule has 1 atom stereocenters. The third-order valence-corrected chi connectivity index (χ3v) is 7.45. The van der Waals surface area contributed by atoms with Gasteiger partial charge in [-0.2, -0.15) is 0 Å². The van der Waals surface area contributed by atoms with Gasteiger partial charge in [-0.05, 0) is 56.5 Å². The van der Waals surface area contributed by atoms with Gasteiger partial charge >= 0.3 is 5.97 Å². The number of ether oxygens (including phenoxy) is 1. The Morgan fingerprint density at radius 1 is 1.00 bits per heavy atom. The molecule has 1 aliphatic heterocycles. The van der Waals surface area contributed by atoms with Gasteiger partial charge in [0, 0.05) is 37.5 Å². The van der Waals surface area contributed by atoms with Gasteiger partial charge in [-0.15, -0.1) is 0 Å². The van der Waals surface area contributed by atoms with E-state index in [4.69, 9.17) is 4.74 Å². The first-order valence-corrected chi connectivity index (χ1v) is 12.4. The molecule has 5 nitrogen and oxygen atoms in total. The highest BCUT2D eigenvalue weighted by molar-refractivity contribution is 5.97. The maximum atomic E-state index is 14.3.